The number of likely N-dealkylation sites (tertiary alicyclic amines) is 1. The van der Waals surface area contributed by atoms with Crippen LogP contribution >= 0.6 is 0 Å². The second-order valence-electron chi connectivity index (χ2n) is 6.59. The largest absolute Gasteiger partial charge is 0.381 e. The van der Waals surface area contributed by atoms with Crippen molar-refractivity contribution in [2.24, 2.45) is 11.8 Å². The lowest BCUT2D eigenvalue weighted by Crippen LogP contribution is -2.43. The van der Waals surface area contributed by atoms with Crippen molar-refractivity contribution in [2.45, 2.75) is 25.7 Å². The van der Waals surface area contributed by atoms with Crippen LogP contribution in [0.2, 0.25) is 0 Å². The summed E-state index contributed by atoms with van der Waals surface area (Å²) in [6.45, 7) is 3.62. The van der Waals surface area contributed by atoms with Crippen LogP contribution in [0.15, 0.2) is 24.4 Å². The number of nitrogens with one attached hydrogen (secondary N) is 1. The molecule has 0 unspecified atom stereocenters. The molecule has 0 aromatic carbocycles. The first-order valence-corrected chi connectivity index (χ1v) is 8.80. The number of rotatable bonds is 5. The minimum atomic E-state index is -0.0457. The Morgan fingerprint density at radius 3 is 2.75 bits per heavy atom. The fourth-order valence-electron chi connectivity index (χ4n) is 3.35. The van der Waals surface area contributed by atoms with Crippen LogP contribution in [0.1, 0.15) is 36.2 Å². The second-order valence-corrected chi connectivity index (χ2v) is 6.59. The molecule has 2 saturated heterocycles. The number of hydrogen-bond acceptors (Lipinski definition) is 4. The van der Waals surface area contributed by atoms with E-state index in [1.54, 1.807) is 23.2 Å². The summed E-state index contributed by atoms with van der Waals surface area (Å²) < 4.78 is 5.35. The zero-order valence-electron chi connectivity index (χ0n) is 13.9. The van der Waals surface area contributed by atoms with Crippen LogP contribution in [-0.4, -0.2) is 54.5 Å². The molecule has 1 N–H and O–H groups in total. The van der Waals surface area contributed by atoms with E-state index in [1.807, 2.05) is 6.07 Å². The lowest BCUT2D eigenvalue weighted by atomic mass is 9.95. The highest BCUT2D eigenvalue weighted by molar-refractivity contribution is 5.92. The molecule has 0 spiro atoms. The fraction of sp³-hybridized carbons (Fsp3) is 0.611. The molecule has 2 aliphatic rings. The van der Waals surface area contributed by atoms with Crippen molar-refractivity contribution < 1.29 is 14.3 Å². The molecule has 2 fully saturated rings. The highest BCUT2D eigenvalue weighted by Gasteiger charge is 2.28. The van der Waals surface area contributed by atoms with Crippen molar-refractivity contribution in [3.63, 3.8) is 0 Å². The number of pyridine rings is 1. The molecule has 2 aliphatic heterocycles. The van der Waals surface area contributed by atoms with Gasteiger partial charge in [0.15, 0.2) is 0 Å². The summed E-state index contributed by atoms with van der Waals surface area (Å²) in [7, 11) is 0. The van der Waals surface area contributed by atoms with Crippen LogP contribution in [0, 0.1) is 11.8 Å². The van der Waals surface area contributed by atoms with Crippen molar-refractivity contribution in [1.29, 1.82) is 0 Å². The van der Waals surface area contributed by atoms with E-state index < -0.39 is 0 Å². The lowest BCUT2D eigenvalue weighted by Gasteiger charge is -2.31. The molecule has 0 aliphatic carbocycles. The summed E-state index contributed by atoms with van der Waals surface area (Å²) >= 11 is 0. The summed E-state index contributed by atoms with van der Waals surface area (Å²) in [5.74, 6) is 0.676. The van der Waals surface area contributed by atoms with Crippen molar-refractivity contribution in [2.75, 3.05) is 32.8 Å². The number of carbonyl (C=O) groups excluding carboxylic acids is 2. The van der Waals surface area contributed by atoms with Crippen LogP contribution < -0.4 is 5.32 Å². The molecule has 2 amide bonds. The van der Waals surface area contributed by atoms with E-state index in [2.05, 4.69) is 10.3 Å². The van der Waals surface area contributed by atoms with Gasteiger partial charge in [-0.2, -0.15) is 0 Å². The molecule has 1 atom stereocenters. The predicted molar refractivity (Wildman–Crippen MR) is 89.4 cm³/mol. The number of aromatic nitrogens is 1. The summed E-state index contributed by atoms with van der Waals surface area (Å²) in [4.78, 5) is 30.5. The van der Waals surface area contributed by atoms with E-state index in [-0.39, 0.29) is 17.7 Å². The molecule has 1 aromatic rings. The topological polar surface area (TPSA) is 71.5 Å². The molecule has 0 radical (unpaired) electrons. The molecule has 3 rings (SSSR count). The number of amides is 2. The minimum Gasteiger partial charge on any atom is -0.381 e. The van der Waals surface area contributed by atoms with Crippen LogP contribution in [0.5, 0.6) is 0 Å². The molecular formula is C18H25N3O3. The van der Waals surface area contributed by atoms with Gasteiger partial charge in [-0.05, 0) is 43.7 Å². The number of nitrogens with zero attached hydrogens (tertiary/aromatic N) is 2. The van der Waals surface area contributed by atoms with Gasteiger partial charge in [-0.25, -0.2) is 0 Å². The van der Waals surface area contributed by atoms with Gasteiger partial charge in [0, 0.05) is 45.0 Å². The van der Waals surface area contributed by atoms with Crippen LogP contribution in [0.25, 0.3) is 0 Å². The normalized spacial score (nSPS) is 21.7. The summed E-state index contributed by atoms with van der Waals surface area (Å²) in [5.41, 5.74) is 0.471. The van der Waals surface area contributed by atoms with E-state index in [1.165, 1.54) is 0 Å². The maximum absolute atomic E-state index is 12.3. The predicted octanol–water partition coefficient (Wildman–Crippen LogP) is 1.48. The highest BCUT2D eigenvalue weighted by Crippen LogP contribution is 2.19. The number of carbonyl (C=O) groups is 2. The number of piperidine rings is 1. The van der Waals surface area contributed by atoms with Gasteiger partial charge in [-0.15, -0.1) is 0 Å². The summed E-state index contributed by atoms with van der Waals surface area (Å²) in [6.07, 6.45) is 5.16. The Hall–Kier alpha value is -1.95. The Bertz CT molecular complexity index is 550. The van der Waals surface area contributed by atoms with E-state index in [0.29, 0.717) is 24.7 Å². The standard InChI is InChI=1S/C18H25N3O3/c22-17(20-9-4-14-7-12-24-13-14)15-5-10-21(11-6-15)18(23)16-3-1-2-8-19-16/h1-3,8,14-15H,4-7,9-13H2,(H,20,22)/t14-/m0/s1. The molecule has 6 nitrogen and oxygen atoms in total. The van der Waals surface area contributed by atoms with Gasteiger partial charge in [-0.1, -0.05) is 6.07 Å². The van der Waals surface area contributed by atoms with E-state index in [0.717, 1.165) is 45.4 Å². The average molecular weight is 331 g/mol. The summed E-state index contributed by atoms with van der Waals surface area (Å²) in [5, 5.41) is 3.04. The molecule has 0 bridgehead atoms. The zero-order chi connectivity index (χ0) is 16.8. The van der Waals surface area contributed by atoms with Crippen LogP contribution in [0.4, 0.5) is 0 Å². The van der Waals surface area contributed by atoms with Gasteiger partial charge in [0.1, 0.15) is 5.69 Å². The van der Waals surface area contributed by atoms with Crippen molar-refractivity contribution in [3.05, 3.63) is 30.1 Å². The van der Waals surface area contributed by atoms with Gasteiger partial charge in [0.25, 0.3) is 5.91 Å². The molecule has 3 heterocycles. The third kappa shape index (κ3) is 4.32. The monoisotopic (exact) mass is 331 g/mol. The lowest BCUT2D eigenvalue weighted by molar-refractivity contribution is -0.126. The van der Waals surface area contributed by atoms with Gasteiger partial charge in [0.05, 0.1) is 0 Å². The second kappa shape index (κ2) is 8.24. The number of ether oxygens (including phenoxy) is 1. The molecule has 24 heavy (non-hydrogen) atoms. The Kier molecular flexibility index (Phi) is 5.80. The van der Waals surface area contributed by atoms with Gasteiger partial charge in [-0.3, -0.25) is 14.6 Å². The smallest absolute Gasteiger partial charge is 0.272 e. The maximum Gasteiger partial charge on any atom is 0.272 e. The summed E-state index contributed by atoms with van der Waals surface area (Å²) in [6, 6.07) is 5.34. The molecule has 1 aromatic heterocycles. The molecule has 6 heteroatoms. The van der Waals surface area contributed by atoms with E-state index in [4.69, 9.17) is 4.74 Å². The third-order valence-electron chi connectivity index (χ3n) is 4.91. The van der Waals surface area contributed by atoms with Crippen molar-refractivity contribution >= 4 is 11.8 Å². The van der Waals surface area contributed by atoms with E-state index >= 15 is 0 Å². The third-order valence-corrected chi connectivity index (χ3v) is 4.91. The Balaban J connectivity index is 1.39. The van der Waals surface area contributed by atoms with Crippen molar-refractivity contribution in [3.8, 4) is 0 Å². The first-order chi connectivity index (χ1) is 11.7. The number of hydrogen-bond donors (Lipinski definition) is 1. The van der Waals surface area contributed by atoms with Crippen LogP contribution in [0.3, 0.4) is 0 Å². The van der Waals surface area contributed by atoms with Crippen LogP contribution in [-0.2, 0) is 9.53 Å². The van der Waals surface area contributed by atoms with Gasteiger partial charge >= 0.3 is 0 Å². The first kappa shape index (κ1) is 16.9. The SMILES string of the molecule is O=C(NCC[C@H]1CCOC1)C1CCN(C(=O)c2ccccn2)CC1. The Morgan fingerprint density at radius 2 is 2.08 bits per heavy atom. The Morgan fingerprint density at radius 1 is 1.25 bits per heavy atom. The Labute approximate surface area is 142 Å². The van der Waals surface area contributed by atoms with E-state index in [9.17, 15) is 9.59 Å². The van der Waals surface area contributed by atoms with Crippen molar-refractivity contribution in [1.82, 2.24) is 15.2 Å². The molecular weight excluding hydrogens is 306 g/mol. The minimum absolute atomic E-state index is 0.0117. The average Bonchev–Trinajstić information content (AvgIpc) is 3.15. The zero-order valence-corrected chi connectivity index (χ0v) is 13.9. The molecule has 130 valence electrons. The van der Waals surface area contributed by atoms with Gasteiger partial charge in [0.2, 0.25) is 5.91 Å². The highest BCUT2D eigenvalue weighted by atomic mass is 16.5. The fourth-order valence-corrected chi connectivity index (χ4v) is 3.35. The quantitative estimate of drug-likeness (QED) is 0.887. The maximum atomic E-state index is 12.3. The first-order valence-electron chi connectivity index (χ1n) is 8.80. The van der Waals surface area contributed by atoms with Gasteiger partial charge < -0.3 is 15.0 Å². The molecule has 0 saturated carbocycles.